The summed E-state index contributed by atoms with van der Waals surface area (Å²) in [6, 6.07) is 15.5. The summed E-state index contributed by atoms with van der Waals surface area (Å²) in [5, 5.41) is 3.80. The quantitative estimate of drug-likeness (QED) is 0.505. The van der Waals surface area contributed by atoms with E-state index < -0.39 is 6.04 Å². The van der Waals surface area contributed by atoms with Gasteiger partial charge in [0.15, 0.2) is 0 Å². The second-order valence-corrected chi connectivity index (χ2v) is 10.1. The number of benzene rings is 2. The van der Waals surface area contributed by atoms with Crippen molar-refractivity contribution in [1.29, 1.82) is 0 Å². The summed E-state index contributed by atoms with van der Waals surface area (Å²) < 4.78 is 0. The molecule has 172 valence electrons. The van der Waals surface area contributed by atoms with Crippen molar-refractivity contribution in [2.45, 2.75) is 70.3 Å². The Morgan fingerprint density at radius 3 is 2.50 bits per heavy atom. The first-order chi connectivity index (χ1) is 15.4. The Balaban J connectivity index is 1.64. The van der Waals surface area contributed by atoms with Gasteiger partial charge in [-0.05, 0) is 49.9 Å². The molecule has 6 heteroatoms. The Labute approximate surface area is 201 Å². The van der Waals surface area contributed by atoms with Gasteiger partial charge in [0.1, 0.15) is 6.04 Å². The predicted molar refractivity (Wildman–Crippen MR) is 134 cm³/mol. The lowest BCUT2D eigenvalue weighted by molar-refractivity contribution is -0.139. The molecule has 32 heavy (non-hydrogen) atoms. The number of nitrogens with one attached hydrogen (secondary N) is 1. The van der Waals surface area contributed by atoms with Gasteiger partial charge in [0.05, 0.1) is 5.75 Å². The molecule has 2 aromatic carbocycles. The van der Waals surface area contributed by atoms with Gasteiger partial charge < -0.3 is 10.2 Å². The van der Waals surface area contributed by atoms with Crippen molar-refractivity contribution in [3.8, 4) is 0 Å². The SMILES string of the molecule is Cc1ccc(CSCC(=O)N(Cc2cccc(Cl)c2)C(C)C(=O)NC2CCCCC2)cc1. The van der Waals surface area contributed by atoms with Crippen LogP contribution in [0.1, 0.15) is 55.7 Å². The molecule has 0 saturated heterocycles. The van der Waals surface area contributed by atoms with Gasteiger partial charge in [0.25, 0.3) is 0 Å². The molecule has 2 aromatic rings. The van der Waals surface area contributed by atoms with Crippen LogP contribution in [-0.4, -0.2) is 34.6 Å². The molecule has 1 saturated carbocycles. The highest BCUT2D eigenvalue weighted by Crippen LogP contribution is 2.20. The fourth-order valence-electron chi connectivity index (χ4n) is 4.01. The molecule has 0 heterocycles. The zero-order chi connectivity index (χ0) is 22.9. The summed E-state index contributed by atoms with van der Waals surface area (Å²) in [5.41, 5.74) is 3.34. The molecule has 0 spiro atoms. The summed E-state index contributed by atoms with van der Waals surface area (Å²) in [7, 11) is 0. The number of carbonyl (C=O) groups is 2. The molecule has 0 radical (unpaired) electrons. The normalized spacial score (nSPS) is 15.2. The summed E-state index contributed by atoms with van der Waals surface area (Å²) >= 11 is 7.73. The van der Waals surface area contributed by atoms with E-state index in [9.17, 15) is 9.59 Å². The van der Waals surface area contributed by atoms with E-state index in [1.807, 2.05) is 31.2 Å². The monoisotopic (exact) mass is 472 g/mol. The number of aryl methyl sites for hydroxylation is 1. The van der Waals surface area contributed by atoms with Crippen LogP contribution in [0.4, 0.5) is 0 Å². The van der Waals surface area contributed by atoms with Crippen LogP contribution >= 0.6 is 23.4 Å². The average Bonchev–Trinajstić information content (AvgIpc) is 2.79. The number of nitrogens with zero attached hydrogens (tertiary/aromatic N) is 1. The maximum Gasteiger partial charge on any atom is 0.242 e. The first-order valence-corrected chi connectivity index (χ1v) is 12.9. The predicted octanol–water partition coefficient (Wildman–Crippen LogP) is 5.75. The number of hydrogen-bond donors (Lipinski definition) is 1. The van der Waals surface area contributed by atoms with Gasteiger partial charge >= 0.3 is 0 Å². The third kappa shape index (κ3) is 7.56. The molecule has 1 unspecified atom stereocenters. The maximum absolute atomic E-state index is 13.2. The molecule has 1 aliphatic rings. The van der Waals surface area contributed by atoms with Gasteiger partial charge in [-0.3, -0.25) is 9.59 Å². The Bertz CT molecular complexity index is 897. The van der Waals surface area contributed by atoms with Crippen molar-refractivity contribution in [3.63, 3.8) is 0 Å². The number of hydrogen-bond acceptors (Lipinski definition) is 3. The van der Waals surface area contributed by atoms with E-state index in [-0.39, 0.29) is 17.9 Å². The Morgan fingerprint density at radius 2 is 1.81 bits per heavy atom. The van der Waals surface area contributed by atoms with E-state index in [0.29, 0.717) is 17.3 Å². The molecule has 0 aliphatic heterocycles. The molecule has 4 nitrogen and oxygen atoms in total. The van der Waals surface area contributed by atoms with Crippen molar-refractivity contribution in [2.75, 3.05) is 5.75 Å². The fraction of sp³-hybridized carbons (Fsp3) is 0.462. The highest BCUT2D eigenvalue weighted by Gasteiger charge is 2.28. The Hall–Kier alpha value is -1.98. The molecule has 1 aliphatic carbocycles. The standard InChI is InChI=1S/C26H33ClN2O2S/c1-19-11-13-21(14-12-19)17-32-18-25(30)29(16-22-7-6-8-23(27)15-22)20(2)26(31)28-24-9-4-3-5-10-24/h6-8,11-15,20,24H,3-5,9-10,16-18H2,1-2H3,(H,28,31). The number of halogens is 1. The van der Waals surface area contributed by atoms with Crippen LogP contribution in [-0.2, 0) is 21.9 Å². The third-order valence-electron chi connectivity index (χ3n) is 5.98. The number of thioether (sulfide) groups is 1. The van der Waals surface area contributed by atoms with E-state index in [1.165, 1.54) is 17.5 Å². The van der Waals surface area contributed by atoms with Crippen molar-refractivity contribution >= 4 is 35.2 Å². The van der Waals surface area contributed by atoms with E-state index in [2.05, 4.69) is 36.5 Å². The number of amides is 2. The van der Waals surface area contributed by atoms with Crippen LogP contribution in [0.15, 0.2) is 48.5 Å². The Kier molecular flexibility index (Phi) is 9.49. The van der Waals surface area contributed by atoms with Crippen LogP contribution in [0.5, 0.6) is 0 Å². The minimum Gasteiger partial charge on any atom is -0.352 e. The summed E-state index contributed by atoms with van der Waals surface area (Å²) in [6.45, 7) is 4.25. The third-order valence-corrected chi connectivity index (χ3v) is 7.20. The van der Waals surface area contributed by atoms with Crippen LogP contribution < -0.4 is 5.32 Å². The molecule has 3 rings (SSSR count). The zero-order valence-corrected chi connectivity index (χ0v) is 20.6. The van der Waals surface area contributed by atoms with Crippen molar-refractivity contribution in [2.24, 2.45) is 0 Å². The molecule has 1 fully saturated rings. The van der Waals surface area contributed by atoms with Gasteiger partial charge in [-0.25, -0.2) is 0 Å². The van der Waals surface area contributed by atoms with Gasteiger partial charge in [-0.2, -0.15) is 0 Å². The average molecular weight is 473 g/mol. The summed E-state index contributed by atoms with van der Waals surface area (Å²) in [5.74, 6) is 0.985. The van der Waals surface area contributed by atoms with E-state index in [1.54, 1.807) is 16.7 Å². The first kappa shape index (κ1) is 24.7. The summed E-state index contributed by atoms with van der Waals surface area (Å²) in [4.78, 5) is 27.9. The Morgan fingerprint density at radius 1 is 1.09 bits per heavy atom. The lowest BCUT2D eigenvalue weighted by Crippen LogP contribution is -2.50. The molecule has 1 N–H and O–H groups in total. The van der Waals surface area contributed by atoms with Gasteiger partial charge in [-0.1, -0.05) is 72.8 Å². The van der Waals surface area contributed by atoms with Crippen molar-refractivity contribution < 1.29 is 9.59 Å². The second-order valence-electron chi connectivity index (χ2n) is 8.65. The van der Waals surface area contributed by atoms with Crippen LogP contribution in [0, 0.1) is 6.92 Å². The molecule has 0 aromatic heterocycles. The summed E-state index contributed by atoms with van der Waals surface area (Å²) in [6.07, 6.45) is 5.58. The van der Waals surface area contributed by atoms with Crippen LogP contribution in [0.3, 0.4) is 0 Å². The molecule has 0 bridgehead atoms. The van der Waals surface area contributed by atoms with E-state index >= 15 is 0 Å². The van der Waals surface area contributed by atoms with E-state index in [0.717, 1.165) is 37.0 Å². The highest BCUT2D eigenvalue weighted by molar-refractivity contribution is 7.99. The largest absolute Gasteiger partial charge is 0.352 e. The van der Waals surface area contributed by atoms with Crippen molar-refractivity contribution in [1.82, 2.24) is 10.2 Å². The van der Waals surface area contributed by atoms with Crippen LogP contribution in [0.25, 0.3) is 0 Å². The smallest absolute Gasteiger partial charge is 0.242 e. The van der Waals surface area contributed by atoms with E-state index in [4.69, 9.17) is 11.6 Å². The van der Waals surface area contributed by atoms with Crippen LogP contribution in [0.2, 0.25) is 5.02 Å². The fourth-order valence-corrected chi connectivity index (χ4v) is 5.09. The second kappa shape index (κ2) is 12.3. The molecule has 2 amide bonds. The lowest BCUT2D eigenvalue weighted by Gasteiger charge is -2.31. The minimum atomic E-state index is -0.539. The highest BCUT2D eigenvalue weighted by atomic mass is 35.5. The molecular weight excluding hydrogens is 440 g/mol. The van der Waals surface area contributed by atoms with Gasteiger partial charge in [-0.15, -0.1) is 11.8 Å². The first-order valence-electron chi connectivity index (χ1n) is 11.4. The number of carbonyl (C=O) groups excluding carboxylic acids is 2. The zero-order valence-electron chi connectivity index (χ0n) is 19.0. The molecular formula is C26H33ClN2O2S. The molecule has 1 atom stereocenters. The minimum absolute atomic E-state index is 0.0339. The maximum atomic E-state index is 13.2. The number of rotatable bonds is 9. The van der Waals surface area contributed by atoms with Gasteiger partial charge in [0, 0.05) is 23.4 Å². The van der Waals surface area contributed by atoms with Gasteiger partial charge in [0.2, 0.25) is 11.8 Å². The topological polar surface area (TPSA) is 49.4 Å². The van der Waals surface area contributed by atoms with Crippen molar-refractivity contribution in [3.05, 3.63) is 70.2 Å². The lowest BCUT2D eigenvalue weighted by atomic mass is 9.95.